The third-order valence-electron chi connectivity index (χ3n) is 3.01. The van der Waals surface area contributed by atoms with Gasteiger partial charge in [-0.25, -0.2) is 0 Å². The molecule has 0 heterocycles. The van der Waals surface area contributed by atoms with Crippen molar-refractivity contribution in [3.05, 3.63) is 0 Å². The maximum atomic E-state index is 11.5. The molecule has 0 aliphatic rings. The van der Waals surface area contributed by atoms with Crippen LogP contribution in [0.5, 0.6) is 0 Å². The van der Waals surface area contributed by atoms with E-state index in [1.54, 1.807) is 7.11 Å². The summed E-state index contributed by atoms with van der Waals surface area (Å²) in [5, 5.41) is 0. The minimum absolute atomic E-state index is 0.113. The van der Waals surface area contributed by atoms with E-state index >= 15 is 0 Å². The number of hydrogen-bond donors (Lipinski definition) is 0. The van der Waals surface area contributed by atoms with Crippen LogP contribution in [0.4, 0.5) is 0 Å². The summed E-state index contributed by atoms with van der Waals surface area (Å²) in [5.41, 5.74) is -0.472. The number of rotatable bonds is 7. The third kappa shape index (κ3) is 4.34. The molecule has 0 saturated carbocycles. The minimum atomic E-state index is -1.27. The van der Waals surface area contributed by atoms with Crippen LogP contribution in [0.25, 0.3) is 0 Å². The summed E-state index contributed by atoms with van der Waals surface area (Å²) < 4.78 is 16.7. The smallest absolute Gasteiger partial charge is 0.231 e. The van der Waals surface area contributed by atoms with Crippen molar-refractivity contribution in [2.75, 3.05) is 14.2 Å². The summed E-state index contributed by atoms with van der Waals surface area (Å²) in [4.78, 5) is 11.5. The van der Waals surface area contributed by atoms with Crippen molar-refractivity contribution >= 4 is 6.29 Å². The molecule has 4 nitrogen and oxygen atoms in total. The average molecular weight is 260 g/mol. The normalized spacial score (nSPS) is 19.4. The maximum Gasteiger partial charge on any atom is 0.231 e. The van der Waals surface area contributed by atoms with Gasteiger partial charge in [-0.15, -0.1) is 0 Å². The fraction of sp³-hybridized carbons (Fsp3) is 0.929. The first kappa shape index (κ1) is 17.6. The van der Waals surface area contributed by atoms with Crippen molar-refractivity contribution in [1.29, 1.82) is 0 Å². The highest BCUT2D eigenvalue weighted by Gasteiger charge is 2.45. The summed E-state index contributed by atoms with van der Waals surface area (Å²) in [7, 11) is 3.13. The molecule has 0 aromatic carbocycles. The Morgan fingerprint density at radius 1 is 1.06 bits per heavy atom. The molecule has 108 valence electrons. The Morgan fingerprint density at radius 3 is 1.78 bits per heavy atom. The van der Waals surface area contributed by atoms with Crippen LogP contribution in [0, 0.1) is 11.8 Å². The number of aldehydes is 1. The second kappa shape index (κ2) is 6.64. The summed E-state index contributed by atoms with van der Waals surface area (Å²) in [6, 6.07) is 0. The molecule has 0 amide bonds. The van der Waals surface area contributed by atoms with Crippen molar-refractivity contribution in [1.82, 2.24) is 0 Å². The highest BCUT2D eigenvalue weighted by Crippen LogP contribution is 2.32. The van der Waals surface area contributed by atoms with Gasteiger partial charge in [0, 0.05) is 20.1 Å². The standard InChI is InChI=1S/C14H28O4/c1-10(2)12(16-7)11(3)14(9-15,17-8)18-13(4,5)6/h9-12H,1-8H3. The first-order valence-electron chi connectivity index (χ1n) is 6.38. The molecule has 0 fully saturated rings. The van der Waals surface area contributed by atoms with E-state index in [1.165, 1.54) is 7.11 Å². The lowest BCUT2D eigenvalue weighted by Crippen LogP contribution is -2.53. The van der Waals surface area contributed by atoms with Gasteiger partial charge in [0.15, 0.2) is 6.29 Å². The van der Waals surface area contributed by atoms with Gasteiger partial charge in [0.2, 0.25) is 5.79 Å². The van der Waals surface area contributed by atoms with E-state index in [0.29, 0.717) is 0 Å². The molecule has 0 bridgehead atoms. The highest BCUT2D eigenvalue weighted by molar-refractivity contribution is 5.61. The molecule has 3 unspecified atom stereocenters. The van der Waals surface area contributed by atoms with Crippen molar-refractivity contribution in [3.8, 4) is 0 Å². The van der Waals surface area contributed by atoms with Gasteiger partial charge in [-0.2, -0.15) is 0 Å². The molecule has 0 radical (unpaired) electrons. The number of carbonyl (C=O) groups is 1. The molecular formula is C14H28O4. The zero-order valence-corrected chi connectivity index (χ0v) is 12.9. The molecule has 0 N–H and O–H groups in total. The van der Waals surface area contributed by atoms with Gasteiger partial charge < -0.3 is 14.2 Å². The van der Waals surface area contributed by atoms with Crippen LogP contribution in [0.2, 0.25) is 0 Å². The predicted molar refractivity (Wildman–Crippen MR) is 71.4 cm³/mol. The Kier molecular flexibility index (Phi) is 6.47. The van der Waals surface area contributed by atoms with Crippen LogP contribution in [-0.4, -0.2) is 38.0 Å². The Balaban J connectivity index is 5.25. The lowest BCUT2D eigenvalue weighted by Gasteiger charge is -2.41. The first-order chi connectivity index (χ1) is 8.13. The zero-order chi connectivity index (χ0) is 14.6. The molecule has 0 spiro atoms. The highest BCUT2D eigenvalue weighted by atomic mass is 16.7. The molecule has 0 aliphatic carbocycles. The fourth-order valence-corrected chi connectivity index (χ4v) is 2.26. The largest absolute Gasteiger partial charge is 0.381 e. The Hall–Kier alpha value is -0.450. The van der Waals surface area contributed by atoms with E-state index in [1.807, 2.05) is 41.5 Å². The van der Waals surface area contributed by atoms with Gasteiger partial charge in [0.25, 0.3) is 0 Å². The fourth-order valence-electron chi connectivity index (χ4n) is 2.26. The lowest BCUT2D eigenvalue weighted by atomic mass is 9.87. The molecule has 0 rings (SSSR count). The van der Waals surface area contributed by atoms with Crippen molar-refractivity contribution in [2.24, 2.45) is 11.8 Å². The first-order valence-corrected chi connectivity index (χ1v) is 6.38. The number of ether oxygens (including phenoxy) is 3. The van der Waals surface area contributed by atoms with Gasteiger partial charge in [-0.1, -0.05) is 20.8 Å². The topological polar surface area (TPSA) is 44.8 Å². The van der Waals surface area contributed by atoms with E-state index in [4.69, 9.17) is 14.2 Å². The van der Waals surface area contributed by atoms with Crippen LogP contribution in [0.1, 0.15) is 41.5 Å². The van der Waals surface area contributed by atoms with Crippen LogP contribution in [0.15, 0.2) is 0 Å². The van der Waals surface area contributed by atoms with Crippen LogP contribution in [0.3, 0.4) is 0 Å². The third-order valence-corrected chi connectivity index (χ3v) is 3.01. The summed E-state index contributed by atoms with van der Waals surface area (Å²) in [6.07, 6.45) is 0.620. The second-order valence-electron chi connectivity index (χ2n) is 5.99. The zero-order valence-electron chi connectivity index (χ0n) is 12.9. The van der Waals surface area contributed by atoms with Crippen molar-refractivity contribution in [2.45, 2.75) is 59.0 Å². The molecule has 0 aromatic rings. The molecule has 4 heteroatoms. The molecule has 3 atom stereocenters. The van der Waals surface area contributed by atoms with E-state index in [2.05, 4.69) is 0 Å². The summed E-state index contributed by atoms with van der Waals surface area (Å²) >= 11 is 0. The Morgan fingerprint density at radius 2 is 1.56 bits per heavy atom. The number of hydrogen-bond acceptors (Lipinski definition) is 4. The van der Waals surface area contributed by atoms with Gasteiger partial charge in [0.1, 0.15) is 0 Å². The van der Waals surface area contributed by atoms with Gasteiger partial charge in [-0.3, -0.25) is 4.79 Å². The second-order valence-corrected chi connectivity index (χ2v) is 5.99. The number of methoxy groups -OCH3 is 2. The predicted octanol–water partition coefficient (Wildman–Crippen LogP) is 2.65. The summed E-state index contributed by atoms with van der Waals surface area (Å²) in [6.45, 7) is 11.7. The molecule has 18 heavy (non-hydrogen) atoms. The van der Waals surface area contributed by atoms with E-state index in [9.17, 15) is 4.79 Å². The van der Waals surface area contributed by atoms with Gasteiger partial charge in [0.05, 0.1) is 11.7 Å². The molecule has 0 saturated heterocycles. The van der Waals surface area contributed by atoms with Crippen LogP contribution >= 0.6 is 0 Å². The van der Waals surface area contributed by atoms with Gasteiger partial charge >= 0.3 is 0 Å². The van der Waals surface area contributed by atoms with Crippen LogP contribution < -0.4 is 0 Å². The van der Waals surface area contributed by atoms with E-state index in [-0.39, 0.29) is 17.9 Å². The minimum Gasteiger partial charge on any atom is -0.381 e. The lowest BCUT2D eigenvalue weighted by molar-refractivity contribution is -0.280. The maximum absolute atomic E-state index is 11.5. The monoisotopic (exact) mass is 260 g/mol. The quantitative estimate of drug-likeness (QED) is 0.521. The van der Waals surface area contributed by atoms with E-state index < -0.39 is 11.4 Å². The Bertz CT molecular complexity index is 257. The molecule has 0 aliphatic heterocycles. The van der Waals surface area contributed by atoms with Crippen molar-refractivity contribution < 1.29 is 19.0 Å². The summed E-state index contributed by atoms with van der Waals surface area (Å²) in [5.74, 6) is -1.21. The van der Waals surface area contributed by atoms with Crippen molar-refractivity contribution in [3.63, 3.8) is 0 Å². The van der Waals surface area contributed by atoms with Gasteiger partial charge in [-0.05, 0) is 26.7 Å². The van der Waals surface area contributed by atoms with E-state index in [0.717, 1.165) is 6.29 Å². The molecular weight excluding hydrogens is 232 g/mol. The molecule has 0 aromatic heterocycles. The Labute approximate surface area is 111 Å². The van der Waals surface area contributed by atoms with Crippen LogP contribution in [-0.2, 0) is 19.0 Å². The number of carbonyl (C=O) groups excluding carboxylic acids is 1. The SMILES string of the molecule is COC(C(C)C)C(C)C(C=O)(OC)OC(C)(C)C. The average Bonchev–Trinajstić information content (AvgIpc) is 2.25.